The lowest BCUT2D eigenvalue weighted by Gasteiger charge is -2.08. The lowest BCUT2D eigenvalue weighted by molar-refractivity contribution is -0.115. The van der Waals surface area contributed by atoms with Gasteiger partial charge in [-0.1, -0.05) is 29.3 Å². The van der Waals surface area contributed by atoms with E-state index in [2.05, 4.69) is 15.6 Å². The zero-order valence-corrected chi connectivity index (χ0v) is 14.8. The molecule has 0 unspecified atom stereocenters. The lowest BCUT2D eigenvalue weighted by Crippen LogP contribution is -2.13. The van der Waals surface area contributed by atoms with Crippen LogP contribution in [-0.2, 0) is 11.2 Å². The predicted molar refractivity (Wildman–Crippen MR) is 101 cm³/mol. The van der Waals surface area contributed by atoms with Crippen LogP contribution >= 0.6 is 34.5 Å². The van der Waals surface area contributed by atoms with Crippen molar-refractivity contribution in [1.82, 2.24) is 4.98 Å². The van der Waals surface area contributed by atoms with Crippen molar-refractivity contribution in [2.75, 3.05) is 10.6 Å². The van der Waals surface area contributed by atoms with Crippen LogP contribution in [0.2, 0.25) is 10.0 Å². The van der Waals surface area contributed by atoms with E-state index in [1.54, 1.807) is 41.8 Å². The van der Waals surface area contributed by atoms with Gasteiger partial charge in [0.1, 0.15) is 5.82 Å². The molecule has 4 nitrogen and oxygen atoms in total. The number of hydrogen-bond donors (Lipinski definition) is 2. The van der Waals surface area contributed by atoms with Crippen molar-refractivity contribution in [3.63, 3.8) is 0 Å². The molecule has 0 spiro atoms. The van der Waals surface area contributed by atoms with E-state index in [0.29, 0.717) is 28.0 Å². The first kappa shape index (κ1) is 16.8. The van der Waals surface area contributed by atoms with Crippen LogP contribution in [0.4, 0.5) is 17.2 Å². The van der Waals surface area contributed by atoms with Gasteiger partial charge in [0.05, 0.1) is 28.4 Å². The molecule has 0 aliphatic heterocycles. The zero-order chi connectivity index (χ0) is 16.9. The number of halogens is 2. The standard InChI is InChI=1S/C17H13Cl2N3OS/c18-14-5-3-11(8-15(14)19)21-16-6-4-12(10-20-16)22-17(23)9-13-2-1-7-24-13/h1-8,10H,9H2,(H,20,21)(H,22,23). The highest BCUT2D eigenvalue weighted by atomic mass is 35.5. The van der Waals surface area contributed by atoms with Crippen molar-refractivity contribution < 1.29 is 4.79 Å². The molecule has 2 N–H and O–H groups in total. The second kappa shape index (κ2) is 7.66. The number of nitrogens with one attached hydrogen (secondary N) is 2. The first-order chi connectivity index (χ1) is 11.6. The van der Waals surface area contributed by atoms with Crippen molar-refractivity contribution in [3.05, 3.63) is 69.0 Å². The van der Waals surface area contributed by atoms with Crippen LogP contribution in [0.3, 0.4) is 0 Å². The summed E-state index contributed by atoms with van der Waals surface area (Å²) in [5.41, 5.74) is 1.43. The van der Waals surface area contributed by atoms with E-state index in [1.807, 2.05) is 23.6 Å². The van der Waals surface area contributed by atoms with Crippen LogP contribution in [0, 0.1) is 0 Å². The third kappa shape index (κ3) is 4.47. The number of thiophene rings is 1. The highest BCUT2D eigenvalue weighted by Gasteiger charge is 2.06. The van der Waals surface area contributed by atoms with Gasteiger partial charge in [0, 0.05) is 10.6 Å². The number of hydrogen-bond acceptors (Lipinski definition) is 4. The molecule has 0 saturated heterocycles. The molecule has 0 fully saturated rings. The first-order valence-corrected chi connectivity index (χ1v) is 8.74. The second-order valence-electron chi connectivity index (χ2n) is 4.99. The highest BCUT2D eigenvalue weighted by molar-refractivity contribution is 7.10. The average molecular weight is 378 g/mol. The van der Waals surface area contributed by atoms with Crippen molar-refractivity contribution in [3.8, 4) is 0 Å². The minimum absolute atomic E-state index is 0.0653. The summed E-state index contributed by atoms with van der Waals surface area (Å²) in [6.45, 7) is 0. The highest BCUT2D eigenvalue weighted by Crippen LogP contribution is 2.26. The summed E-state index contributed by atoms with van der Waals surface area (Å²) in [4.78, 5) is 17.3. The number of rotatable bonds is 5. The van der Waals surface area contributed by atoms with Crippen LogP contribution in [0.1, 0.15) is 4.88 Å². The van der Waals surface area contributed by atoms with Crippen molar-refractivity contribution >= 4 is 57.6 Å². The van der Waals surface area contributed by atoms with Gasteiger partial charge < -0.3 is 10.6 Å². The Morgan fingerprint density at radius 1 is 1.08 bits per heavy atom. The molecule has 2 aromatic heterocycles. The molecule has 0 saturated carbocycles. The van der Waals surface area contributed by atoms with Crippen LogP contribution in [0.15, 0.2) is 54.0 Å². The summed E-state index contributed by atoms with van der Waals surface area (Å²) in [5, 5.41) is 8.87. The van der Waals surface area contributed by atoms with Gasteiger partial charge in [0.2, 0.25) is 5.91 Å². The molecule has 1 aromatic carbocycles. The van der Waals surface area contributed by atoms with E-state index in [-0.39, 0.29) is 5.91 Å². The van der Waals surface area contributed by atoms with E-state index < -0.39 is 0 Å². The number of carbonyl (C=O) groups excluding carboxylic acids is 1. The third-order valence-corrected chi connectivity index (χ3v) is 4.77. The fourth-order valence-corrected chi connectivity index (χ4v) is 3.04. The topological polar surface area (TPSA) is 54.0 Å². The number of nitrogens with zero attached hydrogens (tertiary/aromatic N) is 1. The average Bonchev–Trinajstić information content (AvgIpc) is 3.06. The van der Waals surface area contributed by atoms with Crippen molar-refractivity contribution in [2.24, 2.45) is 0 Å². The van der Waals surface area contributed by atoms with Gasteiger partial charge in [0.15, 0.2) is 0 Å². The van der Waals surface area contributed by atoms with E-state index in [4.69, 9.17) is 23.2 Å². The molecule has 0 aliphatic carbocycles. The van der Waals surface area contributed by atoms with Gasteiger partial charge in [-0.15, -0.1) is 11.3 Å². The van der Waals surface area contributed by atoms with Crippen LogP contribution < -0.4 is 10.6 Å². The third-order valence-electron chi connectivity index (χ3n) is 3.15. The van der Waals surface area contributed by atoms with Gasteiger partial charge in [-0.3, -0.25) is 4.79 Å². The number of amides is 1. The maximum atomic E-state index is 12.0. The van der Waals surface area contributed by atoms with Gasteiger partial charge in [0.25, 0.3) is 0 Å². The quantitative estimate of drug-likeness (QED) is 0.627. The van der Waals surface area contributed by atoms with Crippen molar-refractivity contribution in [1.29, 1.82) is 0 Å². The summed E-state index contributed by atoms with van der Waals surface area (Å²) in [6.07, 6.45) is 1.97. The van der Waals surface area contributed by atoms with Crippen LogP contribution in [-0.4, -0.2) is 10.9 Å². The summed E-state index contributed by atoms with van der Waals surface area (Å²) in [7, 11) is 0. The fourth-order valence-electron chi connectivity index (χ4n) is 2.04. The molecule has 7 heteroatoms. The number of anilines is 3. The Balaban J connectivity index is 1.60. The number of carbonyl (C=O) groups is 1. The minimum Gasteiger partial charge on any atom is -0.340 e. The predicted octanol–water partition coefficient (Wildman–Crippen LogP) is 5.37. The second-order valence-corrected chi connectivity index (χ2v) is 6.84. The van der Waals surface area contributed by atoms with Gasteiger partial charge in [-0.05, 0) is 41.8 Å². The van der Waals surface area contributed by atoms with Crippen LogP contribution in [0.25, 0.3) is 0 Å². The van der Waals surface area contributed by atoms with Gasteiger partial charge >= 0.3 is 0 Å². The molecule has 2 heterocycles. The van der Waals surface area contributed by atoms with E-state index in [0.717, 1.165) is 10.6 Å². The zero-order valence-electron chi connectivity index (χ0n) is 12.4. The summed E-state index contributed by atoms with van der Waals surface area (Å²) in [5.74, 6) is 0.578. The number of benzene rings is 1. The molecular formula is C17H13Cl2N3OS. The molecule has 1 amide bonds. The SMILES string of the molecule is O=C(Cc1cccs1)Nc1ccc(Nc2ccc(Cl)c(Cl)c2)nc1. The Bertz CT molecular complexity index is 836. The monoisotopic (exact) mass is 377 g/mol. The Labute approximate surface area is 153 Å². The van der Waals surface area contributed by atoms with Crippen molar-refractivity contribution in [2.45, 2.75) is 6.42 Å². The smallest absolute Gasteiger partial charge is 0.229 e. The Hall–Kier alpha value is -2.08. The molecule has 122 valence electrons. The first-order valence-electron chi connectivity index (χ1n) is 7.10. The molecule has 0 bridgehead atoms. The van der Waals surface area contributed by atoms with E-state index in [1.165, 1.54) is 0 Å². The molecule has 0 atom stereocenters. The summed E-state index contributed by atoms with van der Waals surface area (Å²) >= 11 is 13.4. The summed E-state index contributed by atoms with van der Waals surface area (Å²) < 4.78 is 0. The Morgan fingerprint density at radius 3 is 2.58 bits per heavy atom. The summed E-state index contributed by atoms with van der Waals surface area (Å²) in [6, 6.07) is 12.7. The van der Waals surface area contributed by atoms with Gasteiger partial charge in [-0.25, -0.2) is 4.98 Å². The molecular weight excluding hydrogens is 365 g/mol. The minimum atomic E-state index is -0.0653. The normalized spacial score (nSPS) is 10.4. The maximum absolute atomic E-state index is 12.0. The number of pyridine rings is 1. The molecule has 24 heavy (non-hydrogen) atoms. The molecule has 3 aromatic rings. The Kier molecular flexibility index (Phi) is 5.35. The van der Waals surface area contributed by atoms with Crippen LogP contribution in [0.5, 0.6) is 0 Å². The van der Waals surface area contributed by atoms with E-state index >= 15 is 0 Å². The lowest BCUT2D eigenvalue weighted by atomic mass is 10.3. The molecule has 0 aliphatic rings. The van der Waals surface area contributed by atoms with Gasteiger partial charge in [-0.2, -0.15) is 0 Å². The fraction of sp³-hybridized carbons (Fsp3) is 0.0588. The number of aromatic nitrogens is 1. The Morgan fingerprint density at radius 2 is 1.92 bits per heavy atom. The maximum Gasteiger partial charge on any atom is 0.229 e. The molecule has 0 radical (unpaired) electrons. The van der Waals surface area contributed by atoms with E-state index in [9.17, 15) is 4.79 Å². The largest absolute Gasteiger partial charge is 0.340 e. The molecule has 3 rings (SSSR count).